The lowest BCUT2D eigenvalue weighted by molar-refractivity contribution is 0.660. The molecule has 1 aliphatic rings. The summed E-state index contributed by atoms with van der Waals surface area (Å²) in [6.45, 7) is 9.09. The van der Waals surface area contributed by atoms with Crippen LogP contribution in [0.3, 0.4) is 0 Å². The van der Waals surface area contributed by atoms with Crippen LogP contribution >= 0.6 is 11.6 Å². The van der Waals surface area contributed by atoms with Crippen LogP contribution in [-0.2, 0) is 5.41 Å². The Morgan fingerprint density at radius 2 is 1.33 bits per heavy atom. The van der Waals surface area contributed by atoms with Gasteiger partial charge in [-0.3, -0.25) is 0 Å². The average molecular weight is 564 g/mol. The fraction of sp³-hybridized carbons (Fsp3) is 0.100. The van der Waals surface area contributed by atoms with Crippen molar-refractivity contribution in [2.24, 2.45) is 0 Å². The molecule has 1 nitrogen and oxygen atoms in total. The van der Waals surface area contributed by atoms with Gasteiger partial charge in [-0.1, -0.05) is 147 Å². The number of halogens is 1. The molecule has 1 aliphatic carbocycles. The minimum Gasteiger partial charge on any atom is -0.337 e. The molecule has 0 heterocycles. The summed E-state index contributed by atoms with van der Waals surface area (Å²) in [6, 6.07) is 43.7. The first kappa shape index (κ1) is 27.6. The van der Waals surface area contributed by atoms with Gasteiger partial charge in [-0.2, -0.15) is 0 Å². The van der Waals surface area contributed by atoms with Gasteiger partial charge in [0.05, 0.1) is 0 Å². The number of nitrogens with zero attached hydrogens (tertiary/aromatic N) is 1. The first-order valence-corrected chi connectivity index (χ1v) is 14.8. The first-order chi connectivity index (χ1) is 20.5. The van der Waals surface area contributed by atoms with Gasteiger partial charge in [-0.15, -0.1) is 0 Å². The number of rotatable bonds is 8. The van der Waals surface area contributed by atoms with E-state index in [4.69, 9.17) is 11.6 Å². The molecule has 206 valence electrons. The van der Waals surface area contributed by atoms with Crippen molar-refractivity contribution in [2.45, 2.75) is 19.3 Å². The zero-order valence-electron chi connectivity index (χ0n) is 24.1. The Morgan fingerprint density at radius 3 is 2.07 bits per heavy atom. The quantitative estimate of drug-likeness (QED) is 0.170. The van der Waals surface area contributed by atoms with Gasteiger partial charge in [0, 0.05) is 33.9 Å². The molecule has 0 bridgehead atoms. The summed E-state index contributed by atoms with van der Waals surface area (Å²) in [5, 5.41) is 0.650. The van der Waals surface area contributed by atoms with Crippen LogP contribution in [0.15, 0.2) is 157 Å². The summed E-state index contributed by atoms with van der Waals surface area (Å²) in [6.07, 6.45) is 7.59. The second kappa shape index (κ2) is 11.7. The molecule has 5 aromatic carbocycles. The van der Waals surface area contributed by atoms with E-state index in [1.54, 1.807) is 6.08 Å². The van der Waals surface area contributed by atoms with Crippen LogP contribution in [0, 0.1) is 0 Å². The smallest absolute Gasteiger partial charge is 0.0499 e. The SMILES string of the molecule is C=C/C=C(Cl)\C=C/CN(c1ccc2c(c1)C(C)(C)c1ccccc1-2)c1cc(-c2ccccc2)ccc1-c1ccccc1. The zero-order chi connectivity index (χ0) is 29.1. The van der Waals surface area contributed by atoms with Crippen molar-refractivity contribution in [3.8, 4) is 33.4 Å². The van der Waals surface area contributed by atoms with Crippen LogP contribution in [0.5, 0.6) is 0 Å². The van der Waals surface area contributed by atoms with E-state index in [1.807, 2.05) is 12.2 Å². The van der Waals surface area contributed by atoms with Crippen LogP contribution in [-0.4, -0.2) is 6.54 Å². The van der Waals surface area contributed by atoms with Crippen molar-refractivity contribution >= 4 is 23.0 Å². The maximum absolute atomic E-state index is 6.44. The zero-order valence-corrected chi connectivity index (χ0v) is 24.9. The van der Waals surface area contributed by atoms with Gasteiger partial charge in [0.25, 0.3) is 0 Å². The van der Waals surface area contributed by atoms with Gasteiger partial charge in [0.2, 0.25) is 0 Å². The summed E-state index contributed by atoms with van der Waals surface area (Å²) in [5.41, 5.74) is 12.3. The lowest BCUT2D eigenvalue weighted by atomic mass is 9.82. The summed E-state index contributed by atoms with van der Waals surface area (Å²) in [5.74, 6) is 0. The third-order valence-corrected chi connectivity index (χ3v) is 8.45. The van der Waals surface area contributed by atoms with E-state index in [0.717, 1.165) is 11.4 Å². The Kier molecular flexibility index (Phi) is 7.69. The highest BCUT2D eigenvalue weighted by Gasteiger charge is 2.35. The molecular formula is C40H34ClN. The highest BCUT2D eigenvalue weighted by molar-refractivity contribution is 6.31. The van der Waals surface area contributed by atoms with E-state index < -0.39 is 0 Å². The van der Waals surface area contributed by atoms with Crippen LogP contribution < -0.4 is 4.90 Å². The molecule has 0 radical (unpaired) electrons. The molecule has 0 aliphatic heterocycles. The van der Waals surface area contributed by atoms with Crippen LogP contribution in [0.4, 0.5) is 11.4 Å². The molecule has 2 heteroatoms. The largest absolute Gasteiger partial charge is 0.337 e. The van der Waals surface area contributed by atoms with Crippen LogP contribution in [0.25, 0.3) is 33.4 Å². The second-order valence-electron chi connectivity index (χ2n) is 11.2. The molecule has 0 fully saturated rings. The standard InChI is InChI=1S/C40H34ClN/c1-4-14-32(41)19-13-26-42(33-23-25-36-35-20-11-12-21-37(35)40(2,3)38(36)28-33)39-27-31(29-15-7-5-8-16-29)22-24-34(39)30-17-9-6-10-18-30/h4-25,27-28H,1,26H2,2-3H3/b19-13-,32-14+. The van der Waals surface area contributed by atoms with Gasteiger partial charge >= 0.3 is 0 Å². The van der Waals surface area contributed by atoms with Gasteiger partial charge < -0.3 is 4.90 Å². The molecule has 0 saturated heterocycles. The number of hydrogen-bond donors (Lipinski definition) is 0. The lowest BCUT2D eigenvalue weighted by Crippen LogP contribution is -2.20. The van der Waals surface area contributed by atoms with Gasteiger partial charge in [-0.25, -0.2) is 0 Å². The Balaban J connectivity index is 1.54. The van der Waals surface area contributed by atoms with E-state index in [-0.39, 0.29) is 5.41 Å². The highest BCUT2D eigenvalue weighted by Crippen LogP contribution is 2.50. The Labute approximate surface area is 254 Å². The summed E-state index contributed by atoms with van der Waals surface area (Å²) >= 11 is 6.44. The number of anilines is 2. The monoisotopic (exact) mass is 563 g/mol. The fourth-order valence-electron chi connectivity index (χ4n) is 6.07. The fourth-order valence-corrected chi connectivity index (χ4v) is 6.25. The number of benzene rings is 5. The molecule has 5 aromatic rings. The highest BCUT2D eigenvalue weighted by atomic mass is 35.5. The van der Waals surface area contributed by atoms with Crippen LogP contribution in [0.2, 0.25) is 0 Å². The maximum atomic E-state index is 6.44. The number of allylic oxidation sites excluding steroid dienone is 4. The first-order valence-electron chi connectivity index (χ1n) is 14.4. The van der Waals surface area contributed by atoms with E-state index in [1.165, 1.54) is 44.5 Å². The number of hydrogen-bond acceptors (Lipinski definition) is 1. The van der Waals surface area contributed by atoms with Crippen molar-refractivity contribution in [2.75, 3.05) is 11.4 Å². The molecule has 0 saturated carbocycles. The predicted molar refractivity (Wildman–Crippen MR) is 182 cm³/mol. The number of fused-ring (bicyclic) bond motifs is 3. The van der Waals surface area contributed by atoms with Crippen molar-refractivity contribution in [1.82, 2.24) is 0 Å². The normalized spacial score (nSPS) is 13.5. The second-order valence-corrected chi connectivity index (χ2v) is 11.6. The lowest BCUT2D eigenvalue weighted by Gasteiger charge is -2.29. The van der Waals surface area contributed by atoms with Crippen molar-refractivity contribution in [3.63, 3.8) is 0 Å². The summed E-state index contributed by atoms with van der Waals surface area (Å²) in [7, 11) is 0. The molecule has 6 rings (SSSR count). The molecule has 0 spiro atoms. The van der Waals surface area contributed by atoms with Crippen LogP contribution in [0.1, 0.15) is 25.0 Å². The molecule has 0 N–H and O–H groups in total. The average Bonchev–Trinajstić information content (AvgIpc) is 3.26. The minimum atomic E-state index is -0.0897. The maximum Gasteiger partial charge on any atom is 0.0499 e. The van der Waals surface area contributed by atoms with Gasteiger partial charge in [0.1, 0.15) is 0 Å². The third-order valence-electron chi connectivity index (χ3n) is 8.20. The molecular weight excluding hydrogens is 530 g/mol. The van der Waals surface area contributed by atoms with Crippen molar-refractivity contribution in [3.05, 3.63) is 168 Å². The van der Waals surface area contributed by atoms with Crippen molar-refractivity contribution in [1.29, 1.82) is 0 Å². The molecule has 0 aromatic heterocycles. The van der Waals surface area contributed by atoms with E-state index >= 15 is 0 Å². The summed E-state index contributed by atoms with van der Waals surface area (Å²) in [4.78, 5) is 2.41. The Morgan fingerprint density at radius 1 is 0.690 bits per heavy atom. The van der Waals surface area contributed by atoms with E-state index in [0.29, 0.717) is 11.6 Å². The third kappa shape index (κ3) is 5.24. The van der Waals surface area contributed by atoms with Gasteiger partial charge in [0.15, 0.2) is 0 Å². The summed E-state index contributed by atoms with van der Waals surface area (Å²) < 4.78 is 0. The molecule has 42 heavy (non-hydrogen) atoms. The topological polar surface area (TPSA) is 3.24 Å². The molecule has 0 amide bonds. The Hall–Kier alpha value is -4.59. The predicted octanol–water partition coefficient (Wildman–Crippen LogP) is 11.3. The van der Waals surface area contributed by atoms with Gasteiger partial charge in [-0.05, 0) is 69.3 Å². The van der Waals surface area contributed by atoms with E-state index in [2.05, 4.69) is 153 Å². The van der Waals surface area contributed by atoms with E-state index in [9.17, 15) is 0 Å². The minimum absolute atomic E-state index is 0.0897. The molecule has 0 unspecified atom stereocenters. The van der Waals surface area contributed by atoms with Crippen molar-refractivity contribution < 1.29 is 0 Å². The Bertz CT molecular complexity index is 1790. The molecule has 0 atom stereocenters.